The van der Waals surface area contributed by atoms with Crippen LogP contribution in [0.15, 0.2) is 47.2 Å². The first-order chi connectivity index (χ1) is 8.79. The largest absolute Gasteiger partial charge is 0.309 e. The first-order valence-corrected chi connectivity index (χ1v) is 6.83. The first kappa shape index (κ1) is 13.2. The standard InChI is InChI=1S/C14H16BrN3/c1-2-16-14(13-5-3-4-8-17-13)9-12-7-6-11(15)10-18-12/h3-8,10,14,16H,2,9H2,1H3. The third kappa shape index (κ3) is 3.62. The number of nitrogens with zero attached hydrogens (tertiary/aromatic N) is 2. The minimum atomic E-state index is 0.213. The van der Waals surface area contributed by atoms with Crippen LogP contribution in [0.4, 0.5) is 0 Å². The molecule has 2 aromatic rings. The van der Waals surface area contributed by atoms with Crippen LogP contribution in [0.2, 0.25) is 0 Å². The van der Waals surface area contributed by atoms with Gasteiger partial charge in [0, 0.05) is 29.0 Å². The van der Waals surface area contributed by atoms with E-state index in [1.54, 1.807) is 0 Å². The van der Waals surface area contributed by atoms with Gasteiger partial charge >= 0.3 is 0 Å². The second kappa shape index (κ2) is 6.61. The van der Waals surface area contributed by atoms with Crippen molar-refractivity contribution in [2.75, 3.05) is 6.54 Å². The van der Waals surface area contributed by atoms with Gasteiger partial charge in [-0.25, -0.2) is 0 Å². The Balaban J connectivity index is 2.14. The van der Waals surface area contributed by atoms with E-state index in [0.29, 0.717) is 0 Å². The van der Waals surface area contributed by atoms with E-state index in [4.69, 9.17) is 0 Å². The zero-order valence-electron chi connectivity index (χ0n) is 10.3. The van der Waals surface area contributed by atoms with E-state index in [9.17, 15) is 0 Å². The molecule has 0 aromatic carbocycles. The highest BCUT2D eigenvalue weighted by Gasteiger charge is 2.12. The summed E-state index contributed by atoms with van der Waals surface area (Å²) < 4.78 is 1.00. The second-order valence-electron chi connectivity index (χ2n) is 4.04. The number of hydrogen-bond acceptors (Lipinski definition) is 3. The molecule has 94 valence electrons. The van der Waals surface area contributed by atoms with Crippen molar-refractivity contribution in [2.45, 2.75) is 19.4 Å². The molecule has 2 heterocycles. The van der Waals surface area contributed by atoms with E-state index in [1.165, 1.54) is 0 Å². The Morgan fingerprint density at radius 3 is 2.72 bits per heavy atom. The molecule has 0 spiro atoms. The zero-order chi connectivity index (χ0) is 12.8. The third-order valence-corrected chi connectivity index (χ3v) is 3.17. The van der Waals surface area contributed by atoms with Gasteiger partial charge in [-0.05, 0) is 46.7 Å². The number of rotatable bonds is 5. The van der Waals surface area contributed by atoms with Crippen molar-refractivity contribution in [3.05, 3.63) is 58.6 Å². The molecule has 0 aliphatic rings. The highest BCUT2D eigenvalue weighted by atomic mass is 79.9. The fourth-order valence-corrected chi connectivity index (χ4v) is 2.08. The average molecular weight is 306 g/mol. The highest BCUT2D eigenvalue weighted by molar-refractivity contribution is 9.10. The van der Waals surface area contributed by atoms with Crippen molar-refractivity contribution in [1.82, 2.24) is 15.3 Å². The van der Waals surface area contributed by atoms with E-state index in [2.05, 4.69) is 38.1 Å². The fraction of sp³-hybridized carbons (Fsp3) is 0.286. The Hall–Kier alpha value is -1.26. The number of aromatic nitrogens is 2. The number of likely N-dealkylation sites (N-methyl/N-ethyl adjacent to an activating group) is 1. The zero-order valence-corrected chi connectivity index (χ0v) is 11.9. The fourth-order valence-electron chi connectivity index (χ4n) is 1.85. The average Bonchev–Trinajstić information content (AvgIpc) is 2.42. The minimum absolute atomic E-state index is 0.213. The SMILES string of the molecule is CCNC(Cc1ccc(Br)cn1)c1ccccn1. The van der Waals surface area contributed by atoms with Gasteiger partial charge in [-0.15, -0.1) is 0 Å². The lowest BCUT2D eigenvalue weighted by molar-refractivity contribution is 0.531. The lowest BCUT2D eigenvalue weighted by Crippen LogP contribution is -2.24. The number of halogens is 1. The van der Waals surface area contributed by atoms with Gasteiger partial charge in [0.2, 0.25) is 0 Å². The molecule has 1 N–H and O–H groups in total. The molecule has 3 nitrogen and oxygen atoms in total. The molecule has 0 radical (unpaired) electrons. The topological polar surface area (TPSA) is 37.8 Å². The van der Waals surface area contributed by atoms with E-state index in [0.717, 1.165) is 28.8 Å². The van der Waals surface area contributed by atoms with Crippen molar-refractivity contribution in [3.63, 3.8) is 0 Å². The van der Waals surface area contributed by atoms with Crippen LogP contribution in [-0.2, 0) is 6.42 Å². The monoisotopic (exact) mass is 305 g/mol. The van der Waals surface area contributed by atoms with Crippen molar-refractivity contribution in [3.8, 4) is 0 Å². The Labute approximate surface area is 116 Å². The molecule has 0 fully saturated rings. The quantitative estimate of drug-likeness (QED) is 0.922. The molecule has 0 aliphatic carbocycles. The first-order valence-electron chi connectivity index (χ1n) is 6.04. The summed E-state index contributed by atoms with van der Waals surface area (Å²) >= 11 is 3.40. The van der Waals surface area contributed by atoms with E-state index in [1.807, 2.05) is 42.7 Å². The van der Waals surface area contributed by atoms with E-state index >= 15 is 0 Å². The summed E-state index contributed by atoms with van der Waals surface area (Å²) in [7, 11) is 0. The Kier molecular flexibility index (Phi) is 4.84. The van der Waals surface area contributed by atoms with Crippen LogP contribution < -0.4 is 5.32 Å². The molecule has 0 aliphatic heterocycles. The maximum absolute atomic E-state index is 4.41. The molecule has 18 heavy (non-hydrogen) atoms. The molecule has 0 amide bonds. The summed E-state index contributed by atoms with van der Waals surface area (Å²) in [5.41, 5.74) is 2.12. The summed E-state index contributed by atoms with van der Waals surface area (Å²) in [5.74, 6) is 0. The van der Waals surface area contributed by atoms with E-state index < -0.39 is 0 Å². The lowest BCUT2D eigenvalue weighted by atomic mass is 10.1. The lowest BCUT2D eigenvalue weighted by Gasteiger charge is -2.16. The van der Waals surface area contributed by atoms with Gasteiger partial charge in [0.15, 0.2) is 0 Å². The van der Waals surface area contributed by atoms with Crippen LogP contribution in [-0.4, -0.2) is 16.5 Å². The molecule has 2 aromatic heterocycles. The van der Waals surface area contributed by atoms with Gasteiger partial charge in [-0.3, -0.25) is 9.97 Å². The van der Waals surface area contributed by atoms with Gasteiger partial charge in [-0.2, -0.15) is 0 Å². The highest BCUT2D eigenvalue weighted by Crippen LogP contribution is 2.16. The molecule has 0 saturated heterocycles. The summed E-state index contributed by atoms with van der Waals surface area (Å²) in [6.45, 7) is 3.02. The Bertz CT molecular complexity index is 470. The molecule has 4 heteroatoms. The molecular formula is C14H16BrN3. The van der Waals surface area contributed by atoms with Gasteiger partial charge in [0.25, 0.3) is 0 Å². The minimum Gasteiger partial charge on any atom is -0.309 e. The summed E-state index contributed by atoms with van der Waals surface area (Å²) in [5, 5.41) is 3.45. The van der Waals surface area contributed by atoms with Crippen LogP contribution in [0.5, 0.6) is 0 Å². The maximum Gasteiger partial charge on any atom is 0.0577 e. The van der Waals surface area contributed by atoms with Crippen LogP contribution >= 0.6 is 15.9 Å². The van der Waals surface area contributed by atoms with Gasteiger partial charge in [0.1, 0.15) is 0 Å². The smallest absolute Gasteiger partial charge is 0.0577 e. The predicted octanol–water partition coefficient (Wildman–Crippen LogP) is 3.13. The maximum atomic E-state index is 4.41. The molecular weight excluding hydrogens is 290 g/mol. The number of nitrogens with one attached hydrogen (secondary N) is 1. The van der Waals surface area contributed by atoms with Crippen molar-refractivity contribution in [1.29, 1.82) is 0 Å². The number of hydrogen-bond donors (Lipinski definition) is 1. The van der Waals surface area contributed by atoms with Crippen molar-refractivity contribution < 1.29 is 0 Å². The Morgan fingerprint density at radius 2 is 2.11 bits per heavy atom. The molecule has 2 rings (SSSR count). The van der Waals surface area contributed by atoms with Crippen LogP contribution in [0.25, 0.3) is 0 Å². The van der Waals surface area contributed by atoms with Crippen molar-refractivity contribution in [2.24, 2.45) is 0 Å². The predicted molar refractivity (Wildman–Crippen MR) is 76.3 cm³/mol. The van der Waals surface area contributed by atoms with Gasteiger partial charge in [0.05, 0.1) is 11.7 Å². The van der Waals surface area contributed by atoms with Crippen LogP contribution in [0.1, 0.15) is 24.4 Å². The van der Waals surface area contributed by atoms with Gasteiger partial charge in [-0.1, -0.05) is 13.0 Å². The molecule has 1 unspecified atom stereocenters. The molecule has 0 saturated carbocycles. The molecule has 0 bridgehead atoms. The number of pyridine rings is 2. The van der Waals surface area contributed by atoms with Crippen LogP contribution in [0.3, 0.4) is 0 Å². The molecule has 1 atom stereocenters. The summed E-state index contributed by atoms with van der Waals surface area (Å²) in [6.07, 6.45) is 4.50. The Morgan fingerprint density at radius 1 is 1.22 bits per heavy atom. The summed E-state index contributed by atoms with van der Waals surface area (Å²) in [4.78, 5) is 8.82. The third-order valence-electron chi connectivity index (χ3n) is 2.70. The normalized spacial score (nSPS) is 12.3. The second-order valence-corrected chi connectivity index (χ2v) is 4.95. The summed E-state index contributed by atoms with van der Waals surface area (Å²) in [6, 6.07) is 10.3. The van der Waals surface area contributed by atoms with Crippen LogP contribution in [0, 0.1) is 0 Å². The van der Waals surface area contributed by atoms with Crippen molar-refractivity contribution >= 4 is 15.9 Å². The van der Waals surface area contributed by atoms with Gasteiger partial charge < -0.3 is 5.32 Å². The van der Waals surface area contributed by atoms with E-state index in [-0.39, 0.29) is 6.04 Å².